The first-order chi connectivity index (χ1) is 65.1. The topological polar surface area (TPSA) is 40.5 Å². The van der Waals surface area contributed by atoms with Gasteiger partial charge in [-0.05, 0) is 177 Å². The number of thiophene rings is 2. The molecule has 22 rings (SSSR count). The largest absolute Gasteiger partial charge is 0.489 e. The maximum Gasteiger partial charge on any atom is 0.489 e. The van der Waals surface area contributed by atoms with Crippen LogP contribution in [0.25, 0.3) is 73.7 Å². The third-order valence-corrected chi connectivity index (χ3v) is 35.1. The summed E-state index contributed by atoms with van der Waals surface area (Å²) in [6, 6.07) is 192. The summed E-state index contributed by atoms with van der Waals surface area (Å²) in [7, 11) is -3.21. The summed E-state index contributed by atoms with van der Waals surface area (Å²) in [5.41, 5.74) is 7.44. The van der Waals surface area contributed by atoms with E-state index >= 15 is 0 Å². The Hall–Kier alpha value is -11.4. The van der Waals surface area contributed by atoms with E-state index in [0.29, 0.717) is 5.46 Å². The second kappa shape index (κ2) is 50.1. The van der Waals surface area contributed by atoms with E-state index in [4.69, 9.17) is 0 Å². The Balaban J connectivity index is 0.000000119. The first-order valence-corrected chi connectivity index (χ1v) is 52.9. The third kappa shape index (κ3) is 26.2. The summed E-state index contributed by atoms with van der Waals surface area (Å²) >= 11 is 14.3. The molecule has 2 heterocycles. The van der Waals surface area contributed by atoms with Gasteiger partial charge in [-0.1, -0.05) is 551 Å². The van der Waals surface area contributed by atoms with Gasteiger partial charge in [0.15, 0.2) is 0 Å². The van der Waals surface area contributed by atoms with Crippen LogP contribution in [0.1, 0.15) is 0 Å². The Morgan fingerprint density at radius 2 is 0.346 bits per heavy atom. The van der Waals surface area contributed by atoms with Gasteiger partial charge in [-0.15, -0.1) is 22.7 Å². The molecule has 0 aliphatic rings. The van der Waals surface area contributed by atoms with E-state index in [1.807, 2.05) is 65.1 Å². The van der Waals surface area contributed by atoms with Crippen molar-refractivity contribution >= 4 is 219 Å². The minimum Gasteiger partial charge on any atom is -0.423 e. The van der Waals surface area contributed by atoms with Crippen LogP contribution in [0, 0.1) is 0 Å². The van der Waals surface area contributed by atoms with Gasteiger partial charge in [-0.2, -0.15) is 0 Å². The van der Waals surface area contributed by atoms with Crippen molar-refractivity contribution in [1.82, 2.24) is 0 Å². The van der Waals surface area contributed by atoms with E-state index in [2.05, 4.69) is 539 Å². The minimum absolute atomic E-state index is 0. The van der Waals surface area contributed by atoms with Crippen molar-refractivity contribution in [3.8, 4) is 33.4 Å². The molecule has 22 aromatic rings. The van der Waals surface area contributed by atoms with Crippen LogP contribution in [0.4, 0.5) is 0 Å². The van der Waals surface area contributed by atoms with Crippen molar-refractivity contribution in [2.24, 2.45) is 0 Å². The summed E-state index contributed by atoms with van der Waals surface area (Å²) in [5.74, 6) is 0. The van der Waals surface area contributed by atoms with Gasteiger partial charge in [0.1, 0.15) is 0 Å². The zero-order chi connectivity index (χ0) is 90.3. The molecule has 650 valence electrons. The molecule has 0 aliphatic carbocycles. The molecule has 0 bridgehead atoms. The van der Waals surface area contributed by atoms with Crippen LogP contribution in [0.2, 0.25) is 0 Å². The quantitative estimate of drug-likeness (QED) is 0.0748. The summed E-state index contributed by atoms with van der Waals surface area (Å²) in [5, 5.41) is 40.6. The molecule has 0 saturated carbocycles. The van der Waals surface area contributed by atoms with E-state index in [-0.39, 0.29) is 20.4 Å². The Morgan fingerprint density at radius 3 is 0.571 bits per heavy atom. The zero-order valence-corrected chi connectivity index (χ0v) is 84.0. The fraction of sp³-hybridized carbons (Fsp3) is 0. The SMILES string of the molecule is Brc1ccc2c(c1)sc1cc(-c3ccccc3-c3ccccc3)ccc12.Brc1ccc2c(c1)sc1cc(Br)ccc12.OB(O)c1ccccc1-c1ccccc1.[Pd].c1ccc(P(c2ccccc2)c2ccccc2)cc1.c1ccc(P(c2ccccc2)c2ccccc2)cc1.c1ccc(P(c2ccccc2)c2ccccc2)cc1.c1ccc(P(c2ccccc2)c2ccccc2)cc1. The summed E-state index contributed by atoms with van der Waals surface area (Å²) < 4.78 is 8.73. The maximum atomic E-state index is 9.22. The van der Waals surface area contributed by atoms with Crippen LogP contribution < -0.4 is 69.1 Å². The Bertz CT molecular complexity index is 6350. The fourth-order valence-electron chi connectivity index (χ4n) is 15.6. The predicted octanol–water partition coefficient (Wildman–Crippen LogP) is 28.5. The van der Waals surface area contributed by atoms with E-state index in [1.54, 1.807) is 12.1 Å². The first-order valence-electron chi connectivity index (χ1n) is 43.5. The molecule has 0 aliphatic heterocycles. The van der Waals surface area contributed by atoms with Gasteiger partial charge in [-0.25, -0.2) is 0 Å². The van der Waals surface area contributed by atoms with Gasteiger partial charge in [0.2, 0.25) is 0 Å². The van der Waals surface area contributed by atoms with Crippen molar-refractivity contribution in [3.05, 3.63) is 559 Å². The summed E-state index contributed by atoms with van der Waals surface area (Å²) in [6.45, 7) is 0. The molecule has 0 fully saturated rings. The molecule has 2 N–H and O–H groups in total. The van der Waals surface area contributed by atoms with E-state index < -0.39 is 38.8 Å². The number of hydrogen-bond donors (Lipinski definition) is 2. The van der Waals surface area contributed by atoms with Crippen LogP contribution in [-0.4, -0.2) is 17.2 Å². The van der Waals surface area contributed by atoms with Gasteiger partial charge in [0, 0.05) is 74.2 Å². The standard InChI is InChI=1S/C24H15BrS.4C18H15P.C12H11BO2.C12H6Br2S.Pd/c25-18-11-13-22-21-12-10-17(14-23(21)26-24(22)15-18)20-9-5-4-8-19(20)16-6-2-1-3-7-16;4*1-4-10-16(11-5-1)19(17-12-6-2-7-13-17)18-14-8-3-9-15-18;14-13(15)12-9-5-4-8-11(12)10-6-2-1-3-7-10;13-7-1-3-9-10-4-2-8(14)6-12(10)15-11(9)5-7;/h1-15H;4*1-15H;1-9,14-15H;1-6H;. The number of fused-ring (bicyclic) bond motifs is 6. The van der Waals surface area contributed by atoms with Crippen molar-refractivity contribution < 1.29 is 30.5 Å². The van der Waals surface area contributed by atoms with Crippen molar-refractivity contribution in [1.29, 1.82) is 0 Å². The average molecular weight is 2110 g/mol. The number of halogens is 3. The Labute approximate surface area is 833 Å². The van der Waals surface area contributed by atoms with Crippen molar-refractivity contribution in [2.45, 2.75) is 0 Å². The molecule has 0 unspecified atom stereocenters. The monoisotopic (exact) mass is 2110 g/mol. The smallest absolute Gasteiger partial charge is 0.423 e. The molecular formula is C120H92BBr3O2P4PdS2. The summed E-state index contributed by atoms with van der Waals surface area (Å²) in [4.78, 5) is 0. The van der Waals surface area contributed by atoms with Crippen LogP contribution in [0.5, 0.6) is 0 Å². The molecule has 0 saturated heterocycles. The molecule has 2 nitrogen and oxygen atoms in total. The molecule has 13 heteroatoms. The van der Waals surface area contributed by atoms with Gasteiger partial charge < -0.3 is 10.0 Å². The zero-order valence-electron chi connectivity index (χ0n) is 72.5. The molecule has 133 heavy (non-hydrogen) atoms. The second-order valence-electron chi connectivity index (χ2n) is 30.4. The molecule has 2 aromatic heterocycles. The third-order valence-electron chi connectivity index (χ3n) is 21.7. The van der Waals surface area contributed by atoms with Crippen LogP contribution >= 0.6 is 102 Å². The van der Waals surface area contributed by atoms with E-state index in [9.17, 15) is 10.0 Å². The molecule has 0 spiro atoms. The van der Waals surface area contributed by atoms with E-state index in [1.165, 1.54) is 126 Å². The Morgan fingerprint density at radius 1 is 0.173 bits per heavy atom. The average Bonchev–Trinajstić information content (AvgIpc) is 1.63. The van der Waals surface area contributed by atoms with E-state index in [0.717, 1.165) is 24.5 Å². The minimum atomic E-state index is -1.43. The van der Waals surface area contributed by atoms with Crippen molar-refractivity contribution in [2.75, 3.05) is 0 Å². The molecule has 0 radical (unpaired) electrons. The van der Waals surface area contributed by atoms with Gasteiger partial charge in [-0.3, -0.25) is 0 Å². The Kier molecular flexibility index (Phi) is 36.3. The van der Waals surface area contributed by atoms with Crippen LogP contribution in [0.3, 0.4) is 0 Å². The van der Waals surface area contributed by atoms with Crippen molar-refractivity contribution in [3.63, 3.8) is 0 Å². The van der Waals surface area contributed by atoms with Gasteiger partial charge >= 0.3 is 7.12 Å². The number of hydrogen-bond acceptors (Lipinski definition) is 4. The predicted molar refractivity (Wildman–Crippen MR) is 595 cm³/mol. The van der Waals surface area contributed by atoms with Gasteiger partial charge in [0.25, 0.3) is 0 Å². The van der Waals surface area contributed by atoms with Crippen LogP contribution in [0.15, 0.2) is 559 Å². The molecular weight excluding hydrogens is 2020 g/mol. The van der Waals surface area contributed by atoms with Gasteiger partial charge in [0.05, 0.1) is 0 Å². The first kappa shape index (κ1) is 96.2. The number of rotatable bonds is 16. The summed E-state index contributed by atoms with van der Waals surface area (Å²) in [6.07, 6.45) is 0. The maximum absolute atomic E-state index is 9.22. The number of benzene rings is 20. The molecule has 0 atom stereocenters. The second-order valence-corrected chi connectivity index (χ2v) is 44.2. The fourth-order valence-corrected chi connectivity index (χ4v) is 28.7. The molecule has 0 amide bonds. The normalized spacial score (nSPS) is 10.7. The molecule has 20 aromatic carbocycles. The van der Waals surface area contributed by atoms with Crippen LogP contribution in [-0.2, 0) is 20.4 Å².